The number of halogens is 1. The summed E-state index contributed by atoms with van der Waals surface area (Å²) in [4.78, 5) is 16.1. The predicted octanol–water partition coefficient (Wildman–Crippen LogP) is 9.56. The van der Waals surface area contributed by atoms with Crippen molar-refractivity contribution in [3.05, 3.63) is 171 Å². The Hall–Kier alpha value is -4.75. The van der Waals surface area contributed by atoms with Gasteiger partial charge in [-0.15, -0.1) is 24.0 Å². The van der Waals surface area contributed by atoms with E-state index in [1.807, 2.05) is 122 Å². The average Bonchev–Trinajstić information content (AvgIpc) is 3.06. The van der Waals surface area contributed by atoms with E-state index in [4.69, 9.17) is 0 Å². The summed E-state index contributed by atoms with van der Waals surface area (Å²) in [5, 5.41) is 9.79. The maximum absolute atomic E-state index is 4.01. The fraction of sp³-hybridized carbons (Fsp3) is 0. The predicted molar refractivity (Wildman–Crippen MR) is 182 cm³/mol. The molecule has 0 N–H and O–H groups in total. The minimum Gasteiger partial charge on any atom is -0.264 e. The van der Waals surface area contributed by atoms with E-state index >= 15 is 0 Å². The summed E-state index contributed by atoms with van der Waals surface area (Å²) in [6, 6.07) is 40.8. The van der Waals surface area contributed by atoms with Gasteiger partial charge >= 0.3 is 0 Å². The van der Waals surface area contributed by atoms with E-state index in [0.717, 1.165) is 0 Å². The van der Waals surface area contributed by atoms with Crippen molar-refractivity contribution in [3.8, 4) is 0 Å². The molecular formula is C36H29IN4. The third-order valence-electron chi connectivity index (χ3n) is 6.20. The Morgan fingerprint density at radius 1 is 0.244 bits per heavy atom. The molecule has 0 bridgehead atoms. The van der Waals surface area contributed by atoms with Crippen molar-refractivity contribution in [1.82, 2.24) is 19.9 Å². The van der Waals surface area contributed by atoms with Crippen LogP contribution in [0.5, 0.6) is 0 Å². The van der Waals surface area contributed by atoms with Gasteiger partial charge in [-0.2, -0.15) is 0 Å². The molecule has 0 saturated heterocycles. The van der Waals surface area contributed by atoms with Gasteiger partial charge in [-0.05, 0) is 67.4 Å². The van der Waals surface area contributed by atoms with Crippen LogP contribution in [0.2, 0.25) is 0 Å². The number of hydrogen-bond donors (Lipinski definition) is 0. The van der Waals surface area contributed by atoms with Crippen molar-refractivity contribution >= 4 is 67.1 Å². The van der Waals surface area contributed by atoms with Crippen molar-refractivity contribution in [3.63, 3.8) is 0 Å². The Morgan fingerprint density at radius 3 is 0.634 bits per heavy atom. The largest absolute Gasteiger partial charge is 0.264 e. The molecule has 4 nitrogen and oxygen atoms in total. The third kappa shape index (κ3) is 8.62. The summed E-state index contributed by atoms with van der Waals surface area (Å²) in [5.41, 5.74) is 0. The molecule has 4 heterocycles. The first kappa shape index (κ1) is 29.2. The van der Waals surface area contributed by atoms with Crippen LogP contribution in [0, 0.1) is 0 Å². The molecule has 0 saturated carbocycles. The molecule has 0 unspecified atom stereocenters. The lowest BCUT2D eigenvalue weighted by Gasteiger charge is -1.91. The zero-order valence-electron chi connectivity index (χ0n) is 22.4. The number of hydrogen-bond acceptors (Lipinski definition) is 4. The van der Waals surface area contributed by atoms with E-state index in [1.54, 1.807) is 0 Å². The molecule has 8 aromatic rings. The highest BCUT2D eigenvalue weighted by Crippen LogP contribution is 2.12. The van der Waals surface area contributed by atoms with Crippen LogP contribution in [0.3, 0.4) is 0 Å². The highest BCUT2D eigenvalue weighted by molar-refractivity contribution is 14.0. The van der Waals surface area contributed by atoms with Crippen LogP contribution in [-0.4, -0.2) is 19.9 Å². The van der Waals surface area contributed by atoms with Crippen LogP contribution in [0.1, 0.15) is 0 Å². The quantitative estimate of drug-likeness (QED) is 0.154. The fourth-order valence-electron chi connectivity index (χ4n) is 4.11. The van der Waals surface area contributed by atoms with Gasteiger partial charge in [-0.25, -0.2) is 0 Å². The molecule has 4 aromatic carbocycles. The molecule has 0 atom stereocenters. The Labute approximate surface area is 256 Å². The maximum Gasteiger partial charge on any atom is 0.0346 e. The monoisotopic (exact) mass is 644 g/mol. The van der Waals surface area contributed by atoms with Crippen molar-refractivity contribution in [2.75, 3.05) is 0 Å². The number of pyridine rings is 4. The van der Waals surface area contributed by atoms with Crippen molar-refractivity contribution < 1.29 is 0 Å². The molecule has 0 fully saturated rings. The Balaban J connectivity index is 0.000000125. The number of benzene rings is 4. The van der Waals surface area contributed by atoms with E-state index in [-0.39, 0.29) is 24.0 Å². The van der Waals surface area contributed by atoms with E-state index < -0.39 is 0 Å². The summed E-state index contributed by atoms with van der Waals surface area (Å²) >= 11 is 0. The SMILES string of the molecule is I.c1ccc2cnccc2c1.c1ccc2cnccc2c1.c1ccc2cnccc2c1.c1ccc2cnccc2c1. The first-order valence-corrected chi connectivity index (χ1v) is 13.0. The molecule has 0 amide bonds. The van der Waals surface area contributed by atoms with Crippen LogP contribution < -0.4 is 0 Å². The first-order chi connectivity index (χ1) is 19.9. The maximum atomic E-state index is 4.01. The van der Waals surface area contributed by atoms with Crippen molar-refractivity contribution in [2.45, 2.75) is 0 Å². The number of fused-ring (bicyclic) bond motifs is 4. The summed E-state index contributed by atoms with van der Waals surface area (Å²) in [6.45, 7) is 0. The highest BCUT2D eigenvalue weighted by atomic mass is 127. The van der Waals surface area contributed by atoms with Gasteiger partial charge in [-0.3, -0.25) is 19.9 Å². The minimum absolute atomic E-state index is 0. The second kappa shape index (κ2) is 15.7. The van der Waals surface area contributed by atoms with Gasteiger partial charge in [0.15, 0.2) is 0 Å². The van der Waals surface area contributed by atoms with Crippen LogP contribution in [0.4, 0.5) is 0 Å². The lowest BCUT2D eigenvalue weighted by atomic mass is 10.2. The molecular weight excluding hydrogens is 615 g/mol. The molecule has 0 aliphatic carbocycles. The van der Waals surface area contributed by atoms with Crippen molar-refractivity contribution in [1.29, 1.82) is 0 Å². The summed E-state index contributed by atoms with van der Waals surface area (Å²) < 4.78 is 0. The molecule has 0 spiro atoms. The molecule has 200 valence electrons. The number of rotatable bonds is 0. The molecule has 5 heteroatoms. The van der Waals surface area contributed by atoms with Gasteiger partial charge in [-0.1, -0.05) is 97.1 Å². The van der Waals surface area contributed by atoms with Crippen molar-refractivity contribution in [2.24, 2.45) is 0 Å². The number of nitrogens with zero attached hydrogens (tertiary/aromatic N) is 4. The summed E-state index contributed by atoms with van der Waals surface area (Å²) in [7, 11) is 0. The topological polar surface area (TPSA) is 51.6 Å². The van der Waals surface area contributed by atoms with Gasteiger partial charge in [0, 0.05) is 49.6 Å². The van der Waals surface area contributed by atoms with Gasteiger partial charge < -0.3 is 0 Å². The molecule has 0 radical (unpaired) electrons. The second-order valence-electron chi connectivity index (χ2n) is 8.89. The smallest absolute Gasteiger partial charge is 0.0346 e. The molecule has 41 heavy (non-hydrogen) atoms. The van der Waals surface area contributed by atoms with Crippen LogP contribution in [0.25, 0.3) is 43.1 Å². The van der Waals surface area contributed by atoms with Gasteiger partial charge in [0.2, 0.25) is 0 Å². The Bertz CT molecular complexity index is 1390. The van der Waals surface area contributed by atoms with Gasteiger partial charge in [0.1, 0.15) is 0 Å². The van der Waals surface area contributed by atoms with E-state index in [1.165, 1.54) is 43.1 Å². The first-order valence-electron chi connectivity index (χ1n) is 13.0. The normalized spacial score (nSPS) is 9.76. The standard InChI is InChI=1S/4C9H7N.HI/c4*1-2-4-9-7-10-6-5-8(9)3-1;/h4*1-7H;1H. The summed E-state index contributed by atoms with van der Waals surface area (Å²) in [6.07, 6.45) is 14.7. The van der Waals surface area contributed by atoms with Crippen LogP contribution in [0.15, 0.2) is 171 Å². The van der Waals surface area contributed by atoms with Gasteiger partial charge in [0.25, 0.3) is 0 Å². The van der Waals surface area contributed by atoms with Crippen LogP contribution >= 0.6 is 24.0 Å². The molecule has 0 aliphatic heterocycles. The molecule has 0 aliphatic rings. The second-order valence-corrected chi connectivity index (χ2v) is 8.89. The minimum atomic E-state index is 0. The average molecular weight is 645 g/mol. The van der Waals surface area contributed by atoms with Gasteiger partial charge in [0.05, 0.1) is 0 Å². The van der Waals surface area contributed by atoms with Crippen LogP contribution in [-0.2, 0) is 0 Å². The van der Waals surface area contributed by atoms with E-state index in [9.17, 15) is 0 Å². The third-order valence-corrected chi connectivity index (χ3v) is 6.20. The van der Waals surface area contributed by atoms with E-state index in [2.05, 4.69) is 68.5 Å². The zero-order chi connectivity index (χ0) is 27.2. The molecule has 8 rings (SSSR count). The highest BCUT2D eigenvalue weighted by Gasteiger charge is 1.88. The fourth-order valence-corrected chi connectivity index (χ4v) is 4.11. The number of aromatic nitrogens is 4. The molecule has 4 aromatic heterocycles. The zero-order valence-corrected chi connectivity index (χ0v) is 24.7. The summed E-state index contributed by atoms with van der Waals surface area (Å²) in [5.74, 6) is 0. The lowest BCUT2D eigenvalue weighted by molar-refractivity contribution is 1.36. The van der Waals surface area contributed by atoms with E-state index in [0.29, 0.717) is 0 Å². The Kier molecular flexibility index (Phi) is 11.2. The lowest BCUT2D eigenvalue weighted by Crippen LogP contribution is -1.71. The Morgan fingerprint density at radius 2 is 0.439 bits per heavy atom.